The number of aromatic nitrogens is 5. The molecule has 0 unspecified atom stereocenters. The molecule has 0 radical (unpaired) electrons. The molecule has 0 aliphatic carbocycles. The Bertz CT molecular complexity index is 1160. The first-order valence-corrected chi connectivity index (χ1v) is 9.75. The van der Waals surface area contributed by atoms with Crippen LogP contribution in [-0.4, -0.2) is 39.3 Å². The fourth-order valence-electron chi connectivity index (χ4n) is 3.67. The van der Waals surface area contributed by atoms with E-state index in [1.165, 1.54) is 0 Å². The molecule has 0 bridgehead atoms. The summed E-state index contributed by atoms with van der Waals surface area (Å²) in [7, 11) is 1.66. The highest BCUT2D eigenvalue weighted by molar-refractivity contribution is 5.84. The Morgan fingerprint density at radius 3 is 2.17 bits per heavy atom. The lowest BCUT2D eigenvalue weighted by atomic mass is 9.95. The number of methoxy groups -OCH3 is 1. The summed E-state index contributed by atoms with van der Waals surface area (Å²) >= 11 is 0. The first kappa shape index (κ1) is 19.6. The van der Waals surface area contributed by atoms with Gasteiger partial charge in [0.25, 0.3) is 0 Å². The summed E-state index contributed by atoms with van der Waals surface area (Å²) in [5.41, 5.74) is 6.61. The van der Waals surface area contributed by atoms with Crippen LogP contribution in [0.3, 0.4) is 0 Å². The minimum Gasteiger partial charge on any atom is -0.494 e. The molecule has 30 heavy (non-hydrogen) atoms. The molecule has 7 nitrogen and oxygen atoms in total. The Morgan fingerprint density at radius 1 is 0.867 bits per heavy atom. The second-order valence-electron chi connectivity index (χ2n) is 6.81. The summed E-state index contributed by atoms with van der Waals surface area (Å²) in [6.07, 6.45) is 0. The van der Waals surface area contributed by atoms with E-state index in [-0.39, 0.29) is 0 Å². The van der Waals surface area contributed by atoms with E-state index in [2.05, 4.69) is 49.9 Å². The number of nitrogens with zero attached hydrogens (tertiary/aromatic N) is 4. The van der Waals surface area contributed by atoms with Crippen molar-refractivity contribution < 1.29 is 9.47 Å². The molecular formula is C23H23N5O2. The summed E-state index contributed by atoms with van der Waals surface area (Å²) in [6, 6.07) is 16.3. The smallest absolute Gasteiger partial charge is 0.205 e. The van der Waals surface area contributed by atoms with Crippen molar-refractivity contribution in [2.24, 2.45) is 0 Å². The van der Waals surface area contributed by atoms with Gasteiger partial charge in [0, 0.05) is 5.56 Å². The maximum atomic E-state index is 5.93. The van der Waals surface area contributed by atoms with Crippen LogP contribution in [-0.2, 0) is 0 Å². The van der Waals surface area contributed by atoms with E-state index in [0.717, 1.165) is 50.7 Å². The van der Waals surface area contributed by atoms with Gasteiger partial charge in [0.05, 0.1) is 30.7 Å². The van der Waals surface area contributed by atoms with E-state index in [1.807, 2.05) is 45.0 Å². The van der Waals surface area contributed by atoms with E-state index in [4.69, 9.17) is 9.47 Å². The molecule has 0 aliphatic heterocycles. The fraction of sp³-hybridized carbons (Fsp3) is 0.217. The van der Waals surface area contributed by atoms with Crippen LogP contribution >= 0.6 is 0 Å². The zero-order chi connectivity index (χ0) is 21.1. The number of benzene rings is 2. The van der Waals surface area contributed by atoms with Gasteiger partial charge in [-0.05, 0) is 42.7 Å². The Balaban J connectivity index is 1.82. The zero-order valence-electron chi connectivity index (χ0n) is 17.4. The molecule has 2 aromatic carbocycles. The van der Waals surface area contributed by atoms with Crippen LogP contribution in [0.4, 0.5) is 0 Å². The van der Waals surface area contributed by atoms with Crippen molar-refractivity contribution in [3.63, 3.8) is 0 Å². The molecule has 4 rings (SSSR count). The van der Waals surface area contributed by atoms with Crippen molar-refractivity contribution in [2.45, 2.75) is 20.8 Å². The van der Waals surface area contributed by atoms with E-state index in [0.29, 0.717) is 12.4 Å². The van der Waals surface area contributed by atoms with Crippen molar-refractivity contribution in [2.75, 3.05) is 13.7 Å². The van der Waals surface area contributed by atoms with Crippen LogP contribution in [0, 0.1) is 13.8 Å². The van der Waals surface area contributed by atoms with Crippen LogP contribution in [0.15, 0.2) is 48.5 Å². The van der Waals surface area contributed by atoms with Crippen molar-refractivity contribution in [3.8, 4) is 45.1 Å². The highest BCUT2D eigenvalue weighted by Crippen LogP contribution is 2.42. The van der Waals surface area contributed by atoms with Crippen LogP contribution in [0.25, 0.3) is 33.6 Å². The molecule has 2 aromatic heterocycles. The topological polar surface area (TPSA) is 85.8 Å². The molecule has 0 saturated heterocycles. The van der Waals surface area contributed by atoms with Gasteiger partial charge in [0.1, 0.15) is 0 Å². The van der Waals surface area contributed by atoms with Crippen molar-refractivity contribution in [1.29, 1.82) is 0 Å². The van der Waals surface area contributed by atoms with E-state index >= 15 is 0 Å². The van der Waals surface area contributed by atoms with E-state index in [1.54, 1.807) is 7.11 Å². The third kappa shape index (κ3) is 3.50. The summed E-state index contributed by atoms with van der Waals surface area (Å²) in [6.45, 7) is 6.42. The minimum atomic E-state index is 0.553. The second-order valence-corrected chi connectivity index (χ2v) is 6.81. The molecular weight excluding hydrogens is 378 g/mol. The minimum absolute atomic E-state index is 0.553. The van der Waals surface area contributed by atoms with Crippen LogP contribution in [0.2, 0.25) is 0 Å². The molecule has 7 heteroatoms. The number of nitrogens with one attached hydrogen (secondary N) is 1. The third-order valence-electron chi connectivity index (χ3n) is 4.94. The van der Waals surface area contributed by atoms with Crippen molar-refractivity contribution in [3.05, 3.63) is 59.9 Å². The number of aryl methyl sites for hydroxylation is 2. The normalized spacial score (nSPS) is 10.8. The SMILES string of the molecule is CCOc1c(C)nc(C)c(OC)c1-c1ccc(-c2ccccc2-c2nn[nH]n2)cc1. The van der Waals surface area contributed by atoms with Gasteiger partial charge >= 0.3 is 0 Å². The average molecular weight is 401 g/mol. The Kier molecular flexibility index (Phi) is 5.43. The summed E-state index contributed by atoms with van der Waals surface area (Å²) in [4.78, 5) is 4.58. The number of ether oxygens (including phenoxy) is 2. The fourth-order valence-corrected chi connectivity index (χ4v) is 3.67. The molecule has 152 valence electrons. The number of pyridine rings is 1. The molecule has 0 amide bonds. The zero-order valence-corrected chi connectivity index (χ0v) is 17.4. The molecule has 2 heterocycles. The highest BCUT2D eigenvalue weighted by Gasteiger charge is 2.20. The van der Waals surface area contributed by atoms with Crippen molar-refractivity contribution >= 4 is 0 Å². The number of hydrogen-bond donors (Lipinski definition) is 1. The van der Waals surface area contributed by atoms with Crippen LogP contribution < -0.4 is 9.47 Å². The molecule has 0 fully saturated rings. The maximum Gasteiger partial charge on any atom is 0.205 e. The number of H-pyrrole nitrogens is 1. The lowest BCUT2D eigenvalue weighted by Gasteiger charge is -2.18. The van der Waals surface area contributed by atoms with Crippen LogP contribution in [0.1, 0.15) is 18.3 Å². The monoisotopic (exact) mass is 401 g/mol. The van der Waals surface area contributed by atoms with E-state index < -0.39 is 0 Å². The van der Waals surface area contributed by atoms with Gasteiger partial charge in [0.2, 0.25) is 5.82 Å². The molecule has 0 spiro atoms. The van der Waals surface area contributed by atoms with Gasteiger partial charge in [-0.3, -0.25) is 4.98 Å². The van der Waals surface area contributed by atoms with Gasteiger partial charge < -0.3 is 9.47 Å². The standard InChI is InChI=1S/C23H23N5O2/c1-5-30-22-15(3)24-14(2)21(29-4)20(22)17-12-10-16(11-13-17)18-8-6-7-9-19(18)23-25-27-28-26-23/h6-13H,5H2,1-4H3,(H,25,26,27,28). The molecule has 4 aromatic rings. The first-order chi connectivity index (χ1) is 14.6. The average Bonchev–Trinajstić information content (AvgIpc) is 3.30. The number of hydrogen-bond acceptors (Lipinski definition) is 6. The maximum absolute atomic E-state index is 5.93. The second kappa shape index (κ2) is 8.32. The summed E-state index contributed by atoms with van der Waals surface area (Å²) in [5, 5.41) is 14.4. The number of tetrazole rings is 1. The third-order valence-corrected chi connectivity index (χ3v) is 4.94. The van der Waals surface area contributed by atoms with Gasteiger partial charge in [-0.25, -0.2) is 0 Å². The predicted molar refractivity (Wildman–Crippen MR) is 115 cm³/mol. The lowest BCUT2D eigenvalue weighted by Crippen LogP contribution is -2.03. The lowest BCUT2D eigenvalue weighted by molar-refractivity contribution is 0.333. The predicted octanol–water partition coefficient (Wildman–Crippen LogP) is 4.62. The van der Waals surface area contributed by atoms with Gasteiger partial charge in [0.15, 0.2) is 11.5 Å². The Morgan fingerprint density at radius 2 is 1.53 bits per heavy atom. The molecule has 0 saturated carbocycles. The van der Waals surface area contributed by atoms with Gasteiger partial charge in [-0.2, -0.15) is 5.21 Å². The quantitative estimate of drug-likeness (QED) is 0.507. The largest absolute Gasteiger partial charge is 0.494 e. The van der Waals surface area contributed by atoms with Gasteiger partial charge in [-0.15, -0.1) is 10.2 Å². The number of rotatable bonds is 6. The Hall–Kier alpha value is -3.74. The van der Waals surface area contributed by atoms with Crippen molar-refractivity contribution in [1.82, 2.24) is 25.6 Å². The number of aromatic amines is 1. The summed E-state index contributed by atoms with van der Waals surface area (Å²) in [5.74, 6) is 2.04. The highest BCUT2D eigenvalue weighted by atomic mass is 16.5. The van der Waals surface area contributed by atoms with E-state index in [9.17, 15) is 0 Å². The molecule has 0 aliphatic rings. The Labute approximate surface area is 175 Å². The summed E-state index contributed by atoms with van der Waals surface area (Å²) < 4.78 is 11.6. The molecule has 1 N–H and O–H groups in total. The molecule has 0 atom stereocenters. The van der Waals surface area contributed by atoms with Crippen LogP contribution in [0.5, 0.6) is 11.5 Å². The first-order valence-electron chi connectivity index (χ1n) is 9.75. The van der Waals surface area contributed by atoms with Gasteiger partial charge in [-0.1, -0.05) is 48.5 Å².